The second-order valence-electron chi connectivity index (χ2n) is 5.79. The Labute approximate surface area is 136 Å². The SMILES string of the molecule is COc1cc(C(=O)NCC2CC2)ccc1OCc1ccccc1. The maximum atomic E-state index is 12.1. The Hall–Kier alpha value is -2.49. The molecule has 1 aliphatic rings. The van der Waals surface area contributed by atoms with Crippen molar-refractivity contribution in [1.82, 2.24) is 5.32 Å². The molecule has 0 saturated heterocycles. The molecule has 4 heteroatoms. The van der Waals surface area contributed by atoms with Crippen LogP contribution >= 0.6 is 0 Å². The average molecular weight is 311 g/mol. The zero-order chi connectivity index (χ0) is 16.1. The van der Waals surface area contributed by atoms with Crippen LogP contribution in [0.3, 0.4) is 0 Å². The van der Waals surface area contributed by atoms with Crippen LogP contribution in [0.2, 0.25) is 0 Å². The number of carbonyl (C=O) groups excluding carboxylic acids is 1. The van der Waals surface area contributed by atoms with Gasteiger partial charge in [-0.3, -0.25) is 4.79 Å². The van der Waals surface area contributed by atoms with E-state index in [1.807, 2.05) is 30.3 Å². The van der Waals surface area contributed by atoms with Gasteiger partial charge in [0.25, 0.3) is 5.91 Å². The van der Waals surface area contributed by atoms with Crippen molar-refractivity contribution in [3.8, 4) is 11.5 Å². The number of ether oxygens (including phenoxy) is 2. The summed E-state index contributed by atoms with van der Waals surface area (Å²) in [4.78, 5) is 12.1. The zero-order valence-electron chi connectivity index (χ0n) is 13.2. The van der Waals surface area contributed by atoms with E-state index in [4.69, 9.17) is 9.47 Å². The first-order valence-corrected chi connectivity index (χ1v) is 7.89. The smallest absolute Gasteiger partial charge is 0.251 e. The fourth-order valence-electron chi connectivity index (χ4n) is 2.32. The molecule has 0 unspecified atom stereocenters. The Bertz CT molecular complexity index is 666. The number of hydrogen-bond donors (Lipinski definition) is 1. The molecule has 2 aromatic carbocycles. The van der Waals surface area contributed by atoms with Gasteiger partial charge in [-0.25, -0.2) is 0 Å². The summed E-state index contributed by atoms with van der Waals surface area (Å²) >= 11 is 0. The van der Waals surface area contributed by atoms with Crippen LogP contribution in [-0.4, -0.2) is 19.6 Å². The van der Waals surface area contributed by atoms with Crippen LogP contribution in [0.1, 0.15) is 28.8 Å². The summed E-state index contributed by atoms with van der Waals surface area (Å²) in [7, 11) is 1.58. The molecule has 120 valence electrons. The number of amides is 1. The summed E-state index contributed by atoms with van der Waals surface area (Å²) in [5.74, 6) is 1.80. The molecule has 23 heavy (non-hydrogen) atoms. The predicted octanol–water partition coefficient (Wildman–Crippen LogP) is 3.41. The van der Waals surface area contributed by atoms with Gasteiger partial charge in [0.2, 0.25) is 0 Å². The minimum Gasteiger partial charge on any atom is -0.493 e. The van der Waals surface area contributed by atoms with Gasteiger partial charge in [0, 0.05) is 12.1 Å². The lowest BCUT2D eigenvalue weighted by Crippen LogP contribution is -2.25. The number of hydrogen-bond acceptors (Lipinski definition) is 3. The molecule has 1 N–H and O–H groups in total. The van der Waals surface area contributed by atoms with Gasteiger partial charge in [0.05, 0.1) is 7.11 Å². The lowest BCUT2D eigenvalue weighted by atomic mass is 10.2. The maximum Gasteiger partial charge on any atom is 0.251 e. The van der Waals surface area contributed by atoms with Crippen molar-refractivity contribution >= 4 is 5.91 Å². The Morgan fingerprint density at radius 2 is 1.91 bits per heavy atom. The summed E-state index contributed by atoms with van der Waals surface area (Å²) in [6, 6.07) is 15.2. The third kappa shape index (κ3) is 4.25. The first kappa shape index (κ1) is 15.4. The van der Waals surface area contributed by atoms with Crippen LogP contribution in [-0.2, 0) is 6.61 Å². The second kappa shape index (κ2) is 7.18. The van der Waals surface area contributed by atoms with Gasteiger partial charge < -0.3 is 14.8 Å². The molecule has 4 nitrogen and oxygen atoms in total. The fourth-order valence-corrected chi connectivity index (χ4v) is 2.32. The molecule has 1 amide bonds. The van der Waals surface area contributed by atoms with E-state index in [2.05, 4.69) is 5.32 Å². The Morgan fingerprint density at radius 3 is 2.61 bits per heavy atom. The van der Waals surface area contributed by atoms with Crippen molar-refractivity contribution in [3.63, 3.8) is 0 Å². The molecule has 0 aliphatic heterocycles. The molecule has 0 aromatic heterocycles. The van der Waals surface area contributed by atoms with E-state index < -0.39 is 0 Å². The van der Waals surface area contributed by atoms with E-state index in [0.29, 0.717) is 29.6 Å². The normalized spacial score (nSPS) is 13.4. The van der Waals surface area contributed by atoms with Crippen molar-refractivity contribution in [3.05, 3.63) is 59.7 Å². The number of rotatable bonds is 7. The summed E-state index contributed by atoms with van der Waals surface area (Å²) in [5, 5.41) is 2.95. The molecule has 0 heterocycles. The minimum absolute atomic E-state index is 0.0650. The molecule has 1 aliphatic carbocycles. The van der Waals surface area contributed by atoms with Crippen LogP contribution in [0.25, 0.3) is 0 Å². The average Bonchev–Trinajstić information content (AvgIpc) is 3.43. The molecule has 0 atom stereocenters. The molecule has 0 radical (unpaired) electrons. The quantitative estimate of drug-likeness (QED) is 0.852. The van der Waals surface area contributed by atoms with Crippen molar-refractivity contribution < 1.29 is 14.3 Å². The summed E-state index contributed by atoms with van der Waals surface area (Å²) in [6.45, 7) is 1.22. The van der Waals surface area contributed by atoms with Gasteiger partial charge in [-0.05, 0) is 42.5 Å². The summed E-state index contributed by atoms with van der Waals surface area (Å²) in [5.41, 5.74) is 1.68. The largest absolute Gasteiger partial charge is 0.493 e. The molecular formula is C19H21NO3. The highest BCUT2D eigenvalue weighted by atomic mass is 16.5. The predicted molar refractivity (Wildman–Crippen MR) is 88.8 cm³/mol. The van der Waals surface area contributed by atoms with E-state index in [9.17, 15) is 4.79 Å². The first-order valence-electron chi connectivity index (χ1n) is 7.89. The van der Waals surface area contributed by atoms with Gasteiger partial charge in [-0.15, -0.1) is 0 Å². The van der Waals surface area contributed by atoms with E-state index in [-0.39, 0.29) is 5.91 Å². The minimum atomic E-state index is -0.0650. The van der Waals surface area contributed by atoms with Gasteiger partial charge in [0.1, 0.15) is 6.61 Å². The Kier molecular flexibility index (Phi) is 4.81. The highest BCUT2D eigenvalue weighted by Crippen LogP contribution is 2.30. The van der Waals surface area contributed by atoms with E-state index in [1.165, 1.54) is 12.8 Å². The van der Waals surface area contributed by atoms with Crippen molar-refractivity contribution in [2.75, 3.05) is 13.7 Å². The topological polar surface area (TPSA) is 47.6 Å². The Morgan fingerprint density at radius 1 is 1.13 bits per heavy atom. The number of nitrogens with one attached hydrogen (secondary N) is 1. The molecule has 2 aromatic rings. The molecular weight excluding hydrogens is 290 g/mol. The summed E-state index contributed by atoms with van der Waals surface area (Å²) in [6.07, 6.45) is 2.44. The van der Waals surface area contributed by atoms with Crippen molar-refractivity contribution in [2.45, 2.75) is 19.4 Å². The van der Waals surface area contributed by atoms with E-state index in [1.54, 1.807) is 25.3 Å². The monoisotopic (exact) mass is 311 g/mol. The second-order valence-corrected chi connectivity index (χ2v) is 5.79. The zero-order valence-corrected chi connectivity index (χ0v) is 13.2. The maximum absolute atomic E-state index is 12.1. The first-order chi connectivity index (χ1) is 11.3. The summed E-state index contributed by atoms with van der Waals surface area (Å²) < 4.78 is 11.2. The highest BCUT2D eigenvalue weighted by Gasteiger charge is 2.22. The Balaban J connectivity index is 1.65. The van der Waals surface area contributed by atoms with Crippen LogP contribution < -0.4 is 14.8 Å². The lowest BCUT2D eigenvalue weighted by molar-refractivity contribution is 0.0951. The molecule has 0 bridgehead atoms. The van der Waals surface area contributed by atoms with Crippen LogP contribution in [0.5, 0.6) is 11.5 Å². The van der Waals surface area contributed by atoms with E-state index >= 15 is 0 Å². The van der Waals surface area contributed by atoms with Crippen LogP contribution in [0, 0.1) is 5.92 Å². The van der Waals surface area contributed by atoms with E-state index in [0.717, 1.165) is 12.1 Å². The standard InChI is InChI=1S/C19H21NO3/c1-22-18-11-16(19(21)20-12-14-7-8-14)9-10-17(18)23-13-15-5-3-2-4-6-15/h2-6,9-11,14H,7-8,12-13H2,1H3,(H,20,21). The number of methoxy groups -OCH3 is 1. The van der Waals surface area contributed by atoms with Gasteiger partial charge in [0.15, 0.2) is 11.5 Å². The van der Waals surface area contributed by atoms with Crippen molar-refractivity contribution in [2.24, 2.45) is 5.92 Å². The van der Waals surface area contributed by atoms with Crippen LogP contribution in [0.15, 0.2) is 48.5 Å². The third-order valence-electron chi connectivity index (χ3n) is 3.91. The van der Waals surface area contributed by atoms with Crippen LogP contribution in [0.4, 0.5) is 0 Å². The molecule has 0 spiro atoms. The molecule has 1 saturated carbocycles. The number of benzene rings is 2. The highest BCUT2D eigenvalue weighted by molar-refractivity contribution is 5.94. The fraction of sp³-hybridized carbons (Fsp3) is 0.316. The third-order valence-corrected chi connectivity index (χ3v) is 3.91. The van der Waals surface area contributed by atoms with Gasteiger partial charge in [-0.1, -0.05) is 30.3 Å². The number of carbonyl (C=O) groups is 1. The van der Waals surface area contributed by atoms with Gasteiger partial charge in [-0.2, -0.15) is 0 Å². The molecule has 3 rings (SSSR count). The van der Waals surface area contributed by atoms with Crippen molar-refractivity contribution in [1.29, 1.82) is 0 Å². The van der Waals surface area contributed by atoms with Gasteiger partial charge >= 0.3 is 0 Å². The lowest BCUT2D eigenvalue weighted by Gasteiger charge is -2.12. The molecule has 1 fully saturated rings.